The number of benzene rings is 1. The van der Waals surface area contributed by atoms with Crippen molar-refractivity contribution in [3.05, 3.63) is 59.3 Å². The van der Waals surface area contributed by atoms with Crippen LogP contribution < -0.4 is 19.5 Å². The number of methoxy groups -OCH3 is 1. The zero-order chi connectivity index (χ0) is 23.4. The maximum atomic E-state index is 13.4. The topological polar surface area (TPSA) is 82.6 Å². The summed E-state index contributed by atoms with van der Waals surface area (Å²) in [6.45, 7) is 3.81. The molecule has 1 N–H and O–H groups in total. The number of hydrogen-bond acceptors (Lipinski definition) is 6. The van der Waals surface area contributed by atoms with Crippen molar-refractivity contribution in [2.45, 2.75) is 38.4 Å². The number of aromatic nitrogens is 2. The van der Waals surface area contributed by atoms with Crippen molar-refractivity contribution in [2.75, 3.05) is 12.4 Å². The first-order valence-electron chi connectivity index (χ1n) is 10.4. The van der Waals surface area contributed by atoms with Crippen molar-refractivity contribution in [3.63, 3.8) is 0 Å². The van der Waals surface area contributed by atoms with Gasteiger partial charge in [-0.25, -0.2) is 9.97 Å². The van der Waals surface area contributed by atoms with Crippen LogP contribution in [0.5, 0.6) is 17.4 Å². The highest BCUT2D eigenvalue weighted by Crippen LogP contribution is 2.52. The highest BCUT2D eigenvalue weighted by Gasteiger charge is 2.53. The molecular formula is C24H21F2N3O4. The molecule has 3 aromatic rings. The molecule has 1 aromatic carbocycles. The summed E-state index contributed by atoms with van der Waals surface area (Å²) in [5.41, 5.74) is 3.03. The molecule has 2 aliphatic rings. The highest BCUT2D eigenvalue weighted by molar-refractivity contribution is 6.01. The first kappa shape index (κ1) is 21.1. The Balaban J connectivity index is 1.40. The second-order valence-electron chi connectivity index (χ2n) is 8.33. The van der Waals surface area contributed by atoms with Crippen LogP contribution in [0.4, 0.5) is 14.6 Å². The van der Waals surface area contributed by atoms with Gasteiger partial charge >= 0.3 is 6.29 Å². The number of nitrogens with zero attached hydrogens (tertiary/aromatic N) is 2. The van der Waals surface area contributed by atoms with E-state index in [-0.39, 0.29) is 17.4 Å². The Bertz CT molecular complexity index is 1270. The second kappa shape index (κ2) is 7.40. The second-order valence-corrected chi connectivity index (χ2v) is 8.33. The van der Waals surface area contributed by atoms with Crippen LogP contribution in [0.2, 0.25) is 0 Å². The Morgan fingerprint density at radius 3 is 2.55 bits per heavy atom. The number of ether oxygens (including phenoxy) is 3. The predicted molar refractivity (Wildman–Crippen MR) is 116 cm³/mol. The lowest BCUT2D eigenvalue weighted by Crippen LogP contribution is -2.28. The number of nitrogens with one attached hydrogen (secondary N) is 1. The third-order valence-electron chi connectivity index (χ3n) is 5.87. The molecule has 1 aliphatic heterocycles. The fraction of sp³-hybridized carbons (Fsp3) is 0.292. The zero-order valence-electron chi connectivity index (χ0n) is 18.2. The molecule has 0 saturated heterocycles. The molecule has 2 aromatic heterocycles. The average Bonchev–Trinajstić information content (AvgIpc) is 3.50. The zero-order valence-corrected chi connectivity index (χ0v) is 18.2. The summed E-state index contributed by atoms with van der Waals surface area (Å²) in [7, 11) is 1.56. The standard InChI is InChI=1S/C24H21F2N3O4/c1-13-8-17(15-10-14(2)21(31-3)27-12-15)28-20(9-13)29-22(30)23(6-7-23)16-4-5-18-19(11-16)33-24(25,26)32-18/h4-5,8-12H,6-7H2,1-3H3,(H,28,29,30). The lowest BCUT2D eigenvalue weighted by molar-refractivity contribution is -0.286. The predicted octanol–water partition coefficient (Wildman–Crippen LogP) is 4.76. The van der Waals surface area contributed by atoms with Crippen molar-refractivity contribution in [2.24, 2.45) is 0 Å². The van der Waals surface area contributed by atoms with Crippen LogP contribution in [0.25, 0.3) is 11.3 Å². The number of hydrogen-bond donors (Lipinski definition) is 1. The number of pyridine rings is 2. The van der Waals surface area contributed by atoms with E-state index in [4.69, 9.17) is 4.74 Å². The molecule has 1 saturated carbocycles. The fourth-order valence-corrected chi connectivity index (χ4v) is 4.05. The minimum atomic E-state index is -3.70. The van der Waals surface area contributed by atoms with Crippen LogP contribution >= 0.6 is 0 Å². The van der Waals surface area contributed by atoms with E-state index >= 15 is 0 Å². The van der Waals surface area contributed by atoms with Gasteiger partial charge in [0, 0.05) is 17.3 Å². The van der Waals surface area contributed by atoms with E-state index in [0.717, 1.165) is 16.7 Å². The van der Waals surface area contributed by atoms with Gasteiger partial charge in [-0.05, 0) is 68.1 Å². The molecule has 9 heteroatoms. The van der Waals surface area contributed by atoms with Gasteiger partial charge in [-0.2, -0.15) is 0 Å². The molecule has 1 fully saturated rings. The fourth-order valence-electron chi connectivity index (χ4n) is 4.05. The Kier molecular flexibility index (Phi) is 4.73. The van der Waals surface area contributed by atoms with Gasteiger partial charge in [0.15, 0.2) is 11.5 Å². The SMILES string of the molecule is COc1ncc(-c2cc(C)cc(NC(=O)C3(c4ccc5c(c4)OC(F)(F)O5)CC3)n2)cc1C. The number of alkyl halides is 2. The normalized spacial score (nSPS) is 16.9. The highest BCUT2D eigenvalue weighted by atomic mass is 19.3. The molecule has 170 valence electrons. The third-order valence-corrected chi connectivity index (χ3v) is 5.87. The summed E-state index contributed by atoms with van der Waals surface area (Å²) < 4.78 is 40.9. The number of carbonyl (C=O) groups is 1. The summed E-state index contributed by atoms with van der Waals surface area (Å²) in [5.74, 6) is 0.573. The van der Waals surface area contributed by atoms with Gasteiger partial charge in [0.05, 0.1) is 18.2 Å². The van der Waals surface area contributed by atoms with Gasteiger partial charge in [0.1, 0.15) is 5.82 Å². The number of amides is 1. The third kappa shape index (κ3) is 3.83. The number of aryl methyl sites for hydroxylation is 2. The van der Waals surface area contributed by atoms with E-state index in [2.05, 4.69) is 24.8 Å². The van der Waals surface area contributed by atoms with Crippen molar-refractivity contribution in [1.29, 1.82) is 0 Å². The van der Waals surface area contributed by atoms with Crippen molar-refractivity contribution in [3.8, 4) is 28.6 Å². The lowest BCUT2D eigenvalue weighted by atomic mass is 9.94. The smallest absolute Gasteiger partial charge is 0.481 e. The van der Waals surface area contributed by atoms with Crippen LogP contribution in [-0.2, 0) is 10.2 Å². The number of halogens is 2. The number of anilines is 1. The molecule has 0 bridgehead atoms. The Hall–Kier alpha value is -3.75. The maximum absolute atomic E-state index is 13.4. The van der Waals surface area contributed by atoms with Gasteiger partial charge in [-0.15, -0.1) is 8.78 Å². The molecule has 0 atom stereocenters. The van der Waals surface area contributed by atoms with E-state index in [1.54, 1.807) is 25.4 Å². The monoisotopic (exact) mass is 453 g/mol. The minimum absolute atomic E-state index is 0.0478. The summed E-state index contributed by atoms with van der Waals surface area (Å²) in [6, 6.07) is 10.1. The average molecular weight is 453 g/mol. The number of rotatable bonds is 5. The largest absolute Gasteiger partial charge is 0.586 e. The van der Waals surface area contributed by atoms with E-state index in [0.29, 0.717) is 35.8 Å². The molecule has 0 radical (unpaired) electrons. The van der Waals surface area contributed by atoms with Gasteiger partial charge in [-0.3, -0.25) is 4.79 Å². The van der Waals surface area contributed by atoms with Crippen LogP contribution in [-0.4, -0.2) is 29.3 Å². The Morgan fingerprint density at radius 2 is 1.85 bits per heavy atom. The molecule has 3 heterocycles. The quantitative estimate of drug-likeness (QED) is 0.600. The Labute approximate surface area is 188 Å². The van der Waals surface area contributed by atoms with Gasteiger partial charge in [0.25, 0.3) is 0 Å². The van der Waals surface area contributed by atoms with E-state index in [1.807, 2.05) is 26.0 Å². The van der Waals surface area contributed by atoms with E-state index < -0.39 is 11.7 Å². The molecule has 0 spiro atoms. The molecular weight excluding hydrogens is 432 g/mol. The number of carbonyl (C=O) groups excluding carboxylic acids is 1. The van der Waals surface area contributed by atoms with Gasteiger partial charge in [0.2, 0.25) is 11.8 Å². The first-order valence-corrected chi connectivity index (χ1v) is 10.4. The van der Waals surface area contributed by atoms with Crippen LogP contribution in [0, 0.1) is 13.8 Å². The summed E-state index contributed by atoms with van der Waals surface area (Å²) >= 11 is 0. The van der Waals surface area contributed by atoms with Crippen LogP contribution in [0.1, 0.15) is 29.5 Å². The summed E-state index contributed by atoms with van der Waals surface area (Å²) in [6.07, 6.45) is -0.843. The van der Waals surface area contributed by atoms with Crippen molar-refractivity contribution >= 4 is 11.7 Å². The summed E-state index contributed by atoms with van der Waals surface area (Å²) in [5, 5.41) is 2.90. The molecule has 0 unspecified atom stereocenters. The Morgan fingerprint density at radius 1 is 1.09 bits per heavy atom. The van der Waals surface area contributed by atoms with Crippen LogP contribution in [0.3, 0.4) is 0 Å². The molecule has 1 amide bonds. The number of fused-ring (bicyclic) bond motifs is 1. The van der Waals surface area contributed by atoms with Gasteiger partial charge in [-0.1, -0.05) is 6.07 Å². The van der Waals surface area contributed by atoms with Gasteiger partial charge < -0.3 is 19.5 Å². The minimum Gasteiger partial charge on any atom is -0.481 e. The van der Waals surface area contributed by atoms with Crippen molar-refractivity contribution < 1.29 is 27.8 Å². The first-order chi connectivity index (χ1) is 15.7. The molecule has 7 nitrogen and oxygen atoms in total. The molecule has 1 aliphatic carbocycles. The summed E-state index contributed by atoms with van der Waals surface area (Å²) in [4.78, 5) is 22.1. The van der Waals surface area contributed by atoms with E-state index in [1.165, 1.54) is 12.1 Å². The van der Waals surface area contributed by atoms with Crippen molar-refractivity contribution in [1.82, 2.24) is 9.97 Å². The van der Waals surface area contributed by atoms with Crippen LogP contribution in [0.15, 0.2) is 42.6 Å². The molecule has 5 rings (SSSR count). The molecule has 33 heavy (non-hydrogen) atoms. The lowest BCUT2D eigenvalue weighted by Gasteiger charge is -2.17. The van der Waals surface area contributed by atoms with E-state index in [9.17, 15) is 13.6 Å². The maximum Gasteiger partial charge on any atom is 0.586 e.